The summed E-state index contributed by atoms with van der Waals surface area (Å²) in [5.41, 5.74) is 0.883. The van der Waals surface area contributed by atoms with Crippen LogP contribution in [0.5, 0.6) is 0 Å². The van der Waals surface area contributed by atoms with Crippen molar-refractivity contribution in [1.29, 1.82) is 5.26 Å². The second-order valence-electron chi connectivity index (χ2n) is 8.77. The van der Waals surface area contributed by atoms with E-state index in [1.54, 1.807) is 30.2 Å². The first-order valence-corrected chi connectivity index (χ1v) is 11.6. The standard InChI is InChI=1S/C25H22F2N8O2/c1-15-2-4-29-23(36)21(15)22-19(27)14-30-24(32-22)33-6-8-34(9-7-33)25(37)35-20(3-5-31-35)17-10-16(13-28)11-18(26)12-17/h2,4-5,10-12,14,20H,3,6-9H2,1H3,(H,29,36)/t20-/m0/s1. The number of piperazine rings is 1. The topological polar surface area (TPSA) is 122 Å². The van der Waals surface area contributed by atoms with Gasteiger partial charge < -0.3 is 14.8 Å². The lowest BCUT2D eigenvalue weighted by atomic mass is 10.0. The maximum Gasteiger partial charge on any atom is 0.341 e. The number of pyridine rings is 1. The molecular formula is C25H22F2N8O2. The summed E-state index contributed by atoms with van der Waals surface area (Å²) < 4.78 is 28.6. The number of hydrogen-bond donors (Lipinski definition) is 1. The zero-order chi connectivity index (χ0) is 26.1. The van der Waals surface area contributed by atoms with Gasteiger partial charge in [0.2, 0.25) is 5.95 Å². The number of hydrogen-bond acceptors (Lipinski definition) is 7. The number of H-pyrrole nitrogens is 1. The molecule has 1 saturated heterocycles. The van der Waals surface area contributed by atoms with Crippen LogP contribution in [-0.2, 0) is 0 Å². The number of benzene rings is 1. The lowest BCUT2D eigenvalue weighted by molar-refractivity contribution is 0.139. The molecule has 1 aromatic carbocycles. The van der Waals surface area contributed by atoms with Gasteiger partial charge in [-0.25, -0.2) is 28.6 Å². The maximum atomic E-state index is 14.6. The molecule has 0 aliphatic carbocycles. The molecule has 2 aliphatic heterocycles. The Bertz CT molecular complexity index is 1490. The summed E-state index contributed by atoms with van der Waals surface area (Å²) >= 11 is 0. The average Bonchev–Trinajstić information content (AvgIpc) is 3.39. The van der Waals surface area contributed by atoms with Gasteiger partial charge in [0.05, 0.1) is 29.4 Å². The van der Waals surface area contributed by atoms with Crippen molar-refractivity contribution in [3.05, 3.63) is 75.3 Å². The molecule has 0 bridgehead atoms. The molecule has 2 amide bonds. The van der Waals surface area contributed by atoms with Crippen LogP contribution in [-0.4, -0.2) is 63.3 Å². The molecule has 2 aliphatic rings. The van der Waals surface area contributed by atoms with Crippen LogP contribution in [0.1, 0.15) is 29.2 Å². The average molecular weight is 505 g/mol. The number of rotatable bonds is 3. The molecule has 0 saturated carbocycles. The van der Waals surface area contributed by atoms with Crippen LogP contribution < -0.4 is 10.5 Å². The Hall–Kier alpha value is -4.66. The van der Waals surface area contributed by atoms with E-state index in [0.29, 0.717) is 43.7 Å². The molecule has 5 rings (SSSR count). The van der Waals surface area contributed by atoms with E-state index in [9.17, 15) is 18.4 Å². The predicted octanol–water partition coefficient (Wildman–Crippen LogP) is 2.97. The van der Waals surface area contributed by atoms with Crippen molar-refractivity contribution < 1.29 is 13.6 Å². The lowest BCUT2D eigenvalue weighted by Gasteiger charge is -2.37. The van der Waals surface area contributed by atoms with Crippen LogP contribution in [0.3, 0.4) is 0 Å². The van der Waals surface area contributed by atoms with Crippen LogP contribution in [0.15, 0.2) is 46.6 Å². The molecule has 0 unspecified atom stereocenters. The van der Waals surface area contributed by atoms with E-state index in [2.05, 4.69) is 20.1 Å². The molecule has 4 heterocycles. The number of carbonyl (C=O) groups excluding carboxylic acids is 1. The van der Waals surface area contributed by atoms with Crippen molar-refractivity contribution in [2.75, 3.05) is 31.1 Å². The number of hydrazone groups is 1. The number of nitriles is 1. The van der Waals surface area contributed by atoms with Crippen molar-refractivity contribution in [3.63, 3.8) is 0 Å². The number of nitrogens with zero attached hydrogens (tertiary/aromatic N) is 7. The van der Waals surface area contributed by atoms with Crippen LogP contribution in [0.25, 0.3) is 11.3 Å². The van der Waals surface area contributed by atoms with E-state index >= 15 is 0 Å². The van der Waals surface area contributed by atoms with Crippen LogP contribution in [0.2, 0.25) is 0 Å². The monoisotopic (exact) mass is 504 g/mol. The van der Waals surface area contributed by atoms with E-state index in [0.717, 1.165) is 12.3 Å². The third-order valence-electron chi connectivity index (χ3n) is 6.43. The van der Waals surface area contributed by atoms with E-state index in [1.165, 1.54) is 17.3 Å². The molecule has 3 aromatic rings. The SMILES string of the molecule is Cc1cc[nH]c(=O)c1-c1nc(N2CCN(C(=O)N3N=CC[C@H]3c3cc(F)cc(C#N)c3)CC2)ncc1F. The van der Waals surface area contributed by atoms with Crippen molar-refractivity contribution in [2.24, 2.45) is 5.10 Å². The molecule has 2 aromatic heterocycles. The Morgan fingerprint density at radius 3 is 2.70 bits per heavy atom. The molecule has 0 radical (unpaired) electrons. The third-order valence-corrected chi connectivity index (χ3v) is 6.43. The van der Waals surface area contributed by atoms with E-state index in [4.69, 9.17) is 5.26 Å². The van der Waals surface area contributed by atoms with Crippen molar-refractivity contribution in [3.8, 4) is 17.3 Å². The normalized spacial score (nSPS) is 17.2. The summed E-state index contributed by atoms with van der Waals surface area (Å²) in [6.07, 6.45) is 4.53. The van der Waals surface area contributed by atoms with Crippen LogP contribution in [0.4, 0.5) is 19.5 Å². The number of nitrogens with one attached hydrogen (secondary N) is 1. The Balaban J connectivity index is 1.30. The van der Waals surface area contributed by atoms with Gasteiger partial charge in [-0.3, -0.25) is 4.79 Å². The minimum absolute atomic E-state index is 0.0797. The van der Waals surface area contributed by atoms with Crippen molar-refractivity contribution in [1.82, 2.24) is 24.9 Å². The summed E-state index contributed by atoms with van der Waals surface area (Å²) in [5, 5.41) is 14.7. The summed E-state index contributed by atoms with van der Waals surface area (Å²) in [4.78, 5) is 40.0. The van der Waals surface area contributed by atoms with Gasteiger partial charge in [0, 0.05) is 45.0 Å². The molecule has 10 nitrogen and oxygen atoms in total. The van der Waals surface area contributed by atoms with Gasteiger partial charge >= 0.3 is 6.03 Å². The first kappa shape index (κ1) is 24.1. The molecule has 12 heteroatoms. The van der Waals surface area contributed by atoms with Crippen molar-refractivity contribution >= 4 is 18.2 Å². The molecular weight excluding hydrogens is 482 g/mol. The smallest absolute Gasteiger partial charge is 0.337 e. The predicted molar refractivity (Wildman–Crippen MR) is 131 cm³/mol. The first-order chi connectivity index (χ1) is 17.9. The second-order valence-corrected chi connectivity index (χ2v) is 8.77. The van der Waals surface area contributed by atoms with Gasteiger partial charge in [-0.2, -0.15) is 10.4 Å². The zero-order valence-corrected chi connectivity index (χ0v) is 19.9. The summed E-state index contributed by atoms with van der Waals surface area (Å²) in [6.45, 7) is 3.11. The molecule has 1 atom stereocenters. The number of halogens is 2. The number of anilines is 1. The molecule has 0 spiro atoms. The fraction of sp³-hybridized carbons (Fsp3) is 0.280. The van der Waals surface area contributed by atoms with Crippen LogP contribution in [0, 0.1) is 29.9 Å². The maximum absolute atomic E-state index is 14.6. The zero-order valence-electron chi connectivity index (χ0n) is 19.9. The molecule has 1 N–H and O–H groups in total. The van der Waals surface area contributed by atoms with Gasteiger partial charge in [0.25, 0.3) is 5.56 Å². The third kappa shape index (κ3) is 4.63. The highest BCUT2D eigenvalue weighted by Crippen LogP contribution is 2.31. The fourth-order valence-electron chi connectivity index (χ4n) is 4.54. The number of aromatic nitrogens is 3. The quantitative estimate of drug-likeness (QED) is 0.585. The molecule has 1 fully saturated rings. The van der Waals surface area contributed by atoms with Gasteiger partial charge in [-0.05, 0) is 42.3 Å². The highest BCUT2D eigenvalue weighted by molar-refractivity contribution is 5.79. The van der Waals surface area contributed by atoms with Crippen molar-refractivity contribution in [2.45, 2.75) is 19.4 Å². The lowest BCUT2D eigenvalue weighted by Crippen LogP contribution is -2.52. The number of amides is 2. The number of aromatic amines is 1. The van der Waals surface area contributed by atoms with Gasteiger partial charge in [-0.1, -0.05) is 0 Å². The first-order valence-electron chi connectivity index (χ1n) is 11.6. The number of carbonyl (C=O) groups is 1. The van der Waals surface area contributed by atoms with Crippen LogP contribution >= 0.6 is 0 Å². The van der Waals surface area contributed by atoms with Gasteiger partial charge in [0.1, 0.15) is 11.5 Å². The van der Waals surface area contributed by atoms with E-state index in [1.807, 2.05) is 11.0 Å². The Morgan fingerprint density at radius 2 is 1.97 bits per heavy atom. The largest absolute Gasteiger partial charge is 0.341 e. The summed E-state index contributed by atoms with van der Waals surface area (Å²) in [6, 6.07) is 6.75. The highest BCUT2D eigenvalue weighted by atomic mass is 19.1. The minimum Gasteiger partial charge on any atom is -0.337 e. The Labute approximate surface area is 210 Å². The highest BCUT2D eigenvalue weighted by Gasteiger charge is 2.34. The summed E-state index contributed by atoms with van der Waals surface area (Å²) in [7, 11) is 0. The molecule has 37 heavy (non-hydrogen) atoms. The number of urea groups is 1. The molecule has 188 valence electrons. The summed E-state index contributed by atoms with van der Waals surface area (Å²) in [5.74, 6) is -0.993. The van der Waals surface area contributed by atoms with E-state index in [-0.39, 0.29) is 28.8 Å². The van der Waals surface area contributed by atoms with Gasteiger partial charge in [-0.15, -0.1) is 0 Å². The number of aryl methyl sites for hydroxylation is 1. The van der Waals surface area contributed by atoms with E-state index < -0.39 is 23.2 Å². The second kappa shape index (κ2) is 9.77. The Kier molecular flexibility index (Phi) is 6.35. The fourth-order valence-corrected chi connectivity index (χ4v) is 4.54. The minimum atomic E-state index is -0.702. The Morgan fingerprint density at radius 1 is 1.19 bits per heavy atom. The van der Waals surface area contributed by atoms with Gasteiger partial charge in [0.15, 0.2) is 5.82 Å².